The first kappa shape index (κ1) is 15.4. The van der Waals surface area contributed by atoms with Crippen LogP contribution in [0.5, 0.6) is 0 Å². The van der Waals surface area contributed by atoms with Crippen LogP contribution in [0.15, 0.2) is 33.6 Å². The van der Waals surface area contributed by atoms with E-state index in [1.807, 2.05) is 0 Å². The summed E-state index contributed by atoms with van der Waals surface area (Å²) in [6.07, 6.45) is 0. The smallest absolute Gasteiger partial charge is 0.326 e. The molecular formula is C12H14BrNO5S. The molecule has 1 aliphatic rings. The highest BCUT2D eigenvalue weighted by atomic mass is 79.9. The number of methoxy groups -OCH3 is 1. The van der Waals surface area contributed by atoms with Gasteiger partial charge in [0.05, 0.1) is 25.2 Å². The van der Waals surface area contributed by atoms with Crippen molar-refractivity contribution in [1.82, 2.24) is 4.31 Å². The van der Waals surface area contributed by atoms with E-state index in [9.17, 15) is 13.2 Å². The highest BCUT2D eigenvalue weighted by molar-refractivity contribution is 9.10. The lowest BCUT2D eigenvalue weighted by Crippen LogP contribution is -2.52. The fourth-order valence-electron chi connectivity index (χ4n) is 1.94. The number of nitrogens with zero attached hydrogens (tertiary/aromatic N) is 1. The predicted molar refractivity (Wildman–Crippen MR) is 74.7 cm³/mol. The Balaban J connectivity index is 2.35. The molecule has 110 valence electrons. The fraction of sp³-hybridized carbons (Fsp3) is 0.417. The Labute approximate surface area is 125 Å². The van der Waals surface area contributed by atoms with Crippen molar-refractivity contribution in [3.8, 4) is 0 Å². The highest BCUT2D eigenvalue weighted by Gasteiger charge is 2.38. The molecule has 1 heterocycles. The maximum atomic E-state index is 12.6. The second kappa shape index (κ2) is 6.21. The maximum Gasteiger partial charge on any atom is 0.326 e. The number of hydrogen-bond acceptors (Lipinski definition) is 5. The van der Waals surface area contributed by atoms with E-state index in [1.165, 1.54) is 19.2 Å². The summed E-state index contributed by atoms with van der Waals surface area (Å²) in [5.41, 5.74) is 0. The first-order valence-electron chi connectivity index (χ1n) is 5.90. The number of ether oxygens (including phenoxy) is 2. The lowest BCUT2D eigenvalue weighted by atomic mass is 10.3. The lowest BCUT2D eigenvalue weighted by Gasteiger charge is -2.32. The molecule has 20 heavy (non-hydrogen) atoms. The van der Waals surface area contributed by atoms with Gasteiger partial charge in [0.15, 0.2) is 0 Å². The molecule has 0 radical (unpaired) electrons. The predicted octanol–water partition coefficient (Wildman–Crippen LogP) is 1.01. The molecule has 0 bridgehead atoms. The van der Waals surface area contributed by atoms with E-state index in [2.05, 4.69) is 20.7 Å². The van der Waals surface area contributed by atoms with Gasteiger partial charge in [-0.2, -0.15) is 4.31 Å². The molecule has 1 aliphatic heterocycles. The van der Waals surface area contributed by atoms with Gasteiger partial charge < -0.3 is 9.47 Å². The first-order valence-corrected chi connectivity index (χ1v) is 8.13. The van der Waals surface area contributed by atoms with Crippen molar-refractivity contribution >= 4 is 31.9 Å². The van der Waals surface area contributed by atoms with Crippen molar-refractivity contribution in [2.75, 3.05) is 26.9 Å². The van der Waals surface area contributed by atoms with Gasteiger partial charge in [-0.25, -0.2) is 8.42 Å². The minimum atomic E-state index is -3.75. The van der Waals surface area contributed by atoms with Gasteiger partial charge in [0.2, 0.25) is 10.0 Å². The minimum absolute atomic E-state index is 0.00241. The number of rotatable bonds is 3. The second-order valence-corrected chi connectivity index (χ2v) is 6.99. The summed E-state index contributed by atoms with van der Waals surface area (Å²) < 4.78 is 36.9. The molecule has 0 aromatic heterocycles. The zero-order valence-corrected chi connectivity index (χ0v) is 13.2. The van der Waals surface area contributed by atoms with Crippen LogP contribution in [-0.2, 0) is 24.3 Å². The van der Waals surface area contributed by atoms with Crippen molar-refractivity contribution in [1.29, 1.82) is 0 Å². The topological polar surface area (TPSA) is 72.9 Å². The van der Waals surface area contributed by atoms with Crippen LogP contribution in [0.25, 0.3) is 0 Å². The summed E-state index contributed by atoms with van der Waals surface area (Å²) in [4.78, 5) is 11.8. The number of carbonyl (C=O) groups is 1. The van der Waals surface area contributed by atoms with Gasteiger partial charge in [-0.05, 0) is 24.3 Å². The largest absolute Gasteiger partial charge is 0.468 e. The van der Waals surface area contributed by atoms with Gasteiger partial charge in [-0.1, -0.05) is 15.9 Å². The molecule has 0 spiro atoms. The Morgan fingerprint density at radius 2 is 2.05 bits per heavy atom. The van der Waals surface area contributed by atoms with Gasteiger partial charge in [0, 0.05) is 11.0 Å². The maximum absolute atomic E-state index is 12.6. The van der Waals surface area contributed by atoms with Gasteiger partial charge in [0.25, 0.3) is 0 Å². The van der Waals surface area contributed by atoms with Gasteiger partial charge in [-0.15, -0.1) is 0 Å². The lowest BCUT2D eigenvalue weighted by molar-refractivity contribution is -0.149. The van der Waals surface area contributed by atoms with Crippen LogP contribution in [0.3, 0.4) is 0 Å². The molecule has 1 aromatic rings. The zero-order chi connectivity index (χ0) is 14.8. The number of carbonyl (C=O) groups excluding carboxylic acids is 1. The van der Waals surface area contributed by atoms with Crippen LogP contribution in [0, 0.1) is 0 Å². The normalized spacial score (nSPS) is 20.6. The Morgan fingerprint density at radius 1 is 1.40 bits per heavy atom. The third-order valence-electron chi connectivity index (χ3n) is 2.97. The number of esters is 1. The summed E-state index contributed by atoms with van der Waals surface area (Å²) in [5, 5.41) is 0. The van der Waals surface area contributed by atoms with Gasteiger partial charge >= 0.3 is 5.97 Å². The van der Waals surface area contributed by atoms with Crippen molar-refractivity contribution in [2.24, 2.45) is 0 Å². The molecule has 0 aliphatic carbocycles. The molecule has 1 fully saturated rings. The first-order chi connectivity index (χ1) is 9.46. The molecular weight excluding hydrogens is 350 g/mol. The van der Waals surface area contributed by atoms with Crippen molar-refractivity contribution < 1.29 is 22.7 Å². The molecule has 6 nitrogen and oxygen atoms in total. The third kappa shape index (κ3) is 3.03. The van der Waals surface area contributed by atoms with Crippen molar-refractivity contribution in [2.45, 2.75) is 10.9 Å². The molecule has 0 amide bonds. The SMILES string of the molecule is COC(=O)C1COCCN1S(=O)(=O)c1ccc(Br)cc1. The number of benzene rings is 1. The van der Waals surface area contributed by atoms with E-state index >= 15 is 0 Å². The molecule has 1 saturated heterocycles. The van der Waals surface area contributed by atoms with Crippen molar-refractivity contribution in [3.63, 3.8) is 0 Å². The van der Waals surface area contributed by atoms with E-state index in [4.69, 9.17) is 4.74 Å². The van der Waals surface area contributed by atoms with Crippen LogP contribution in [0.2, 0.25) is 0 Å². The standard InChI is InChI=1S/C12H14BrNO5S/c1-18-12(15)11-8-19-7-6-14(11)20(16,17)10-4-2-9(13)3-5-10/h2-5,11H,6-8H2,1H3. The van der Waals surface area contributed by atoms with Gasteiger partial charge in [0.1, 0.15) is 6.04 Å². The fourth-order valence-corrected chi connectivity index (χ4v) is 3.75. The number of halogens is 1. The Bertz CT molecular complexity index is 586. The second-order valence-electron chi connectivity index (χ2n) is 4.18. The minimum Gasteiger partial charge on any atom is -0.468 e. The molecule has 1 aromatic carbocycles. The Hall–Kier alpha value is -0.960. The summed E-state index contributed by atoms with van der Waals surface area (Å²) in [6, 6.07) is 5.32. The summed E-state index contributed by atoms with van der Waals surface area (Å²) in [5.74, 6) is -0.620. The van der Waals surface area contributed by atoms with E-state index in [-0.39, 0.29) is 24.7 Å². The molecule has 2 rings (SSSR count). The Morgan fingerprint density at radius 3 is 2.65 bits per heavy atom. The van der Waals surface area contributed by atoms with E-state index in [0.29, 0.717) is 0 Å². The number of sulfonamides is 1. The summed E-state index contributed by atoms with van der Waals surface area (Å²) in [7, 11) is -2.53. The van der Waals surface area contributed by atoms with E-state index < -0.39 is 22.0 Å². The van der Waals surface area contributed by atoms with Crippen molar-refractivity contribution in [3.05, 3.63) is 28.7 Å². The molecule has 1 atom stereocenters. The monoisotopic (exact) mass is 363 g/mol. The Kier molecular flexibility index (Phi) is 4.79. The van der Waals surface area contributed by atoms with Crippen LogP contribution in [0.4, 0.5) is 0 Å². The van der Waals surface area contributed by atoms with Crippen LogP contribution in [0.1, 0.15) is 0 Å². The van der Waals surface area contributed by atoms with E-state index in [1.54, 1.807) is 12.1 Å². The third-order valence-corrected chi connectivity index (χ3v) is 5.42. The molecule has 8 heteroatoms. The van der Waals surface area contributed by atoms with E-state index in [0.717, 1.165) is 8.78 Å². The van der Waals surface area contributed by atoms with Crippen LogP contribution in [-0.4, -0.2) is 51.6 Å². The van der Waals surface area contributed by atoms with Gasteiger partial charge in [-0.3, -0.25) is 4.79 Å². The average Bonchev–Trinajstić information content (AvgIpc) is 2.47. The molecule has 0 N–H and O–H groups in total. The zero-order valence-electron chi connectivity index (χ0n) is 10.8. The molecule has 1 unspecified atom stereocenters. The van der Waals surface area contributed by atoms with Crippen LogP contribution >= 0.6 is 15.9 Å². The van der Waals surface area contributed by atoms with Crippen LogP contribution < -0.4 is 0 Å². The summed E-state index contributed by atoms with van der Waals surface area (Å²) >= 11 is 3.25. The quantitative estimate of drug-likeness (QED) is 0.749. The molecule has 0 saturated carbocycles. The average molecular weight is 364 g/mol. The number of morpholine rings is 1. The highest BCUT2D eigenvalue weighted by Crippen LogP contribution is 2.22. The summed E-state index contributed by atoms with van der Waals surface area (Å²) in [6.45, 7) is 0.379. The number of hydrogen-bond donors (Lipinski definition) is 0.